The van der Waals surface area contributed by atoms with Crippen molar-refractivity contribution in [2.75, 3.05) is 4.90 Å². The number of amides is 4. The predicted molar refractivity (Wildman–Crippen MR) is 121 cm³/mol. The molecule has 4 rings (SSSR count). The Labute approximate surface area is 188 Å². The van der Waals surface area contributed by atoms with Crippen LogP contribution in [-0.2, 0) is 9.59 Å². The van der Waals surface area contributed by atoms with Crippen LogP contribution in [0.25, 0.3) is 0 Å². The van der Waals surface area contributed by atoms with Crippen molar-refractivity contribution in [1.29, 1.82) is 0 Å². The highest BCUT2D eigenvalue weighted by Gasteiger charge is 2.41. The Kier molecular flexibility index (Phi) is 6.12. The number of urea groups is 1. The first-order chi connectivity index (χ1) is 15.9. The zero-order valence-corrected chi connectivity index (χ0v) is 17.5. The van der Waals surface area contributed by atoms with Crippen molar-refractivity contribution in [2.45, 2.75) is 6.92 Å². The van der Waals surface area contributed by atoms with Gasteiger partial charge in [-0.15, -0.1) is 0 Å². The average Bonchev–Trinajstić information content (AvgIpc) is 2.80. The monoisotopic (exact) mass is 443 g/mol. The molecule has 0 unspecified atom stereocenters. The van der Waals surface area contributed by atoms with E-state index in [0.29, 0.717) is 16.3 Å². The van der Waals surface area contributed by atoms with Crippen molar-refractivity contribution in [3.05, 3.63) is 84.2 Å². The molecule has 0 saturated carbocycles. The lowest BCUT2D eigenvalue weighted by Gasteiger charge is -2.28. The van der Waals surface area contributed by atoms with E-state index < -0.39 is 29.6 Å². The van der Waals surface area contributed by atoms with Gasteiger partial charge in [-0.1, -0.05) is 29.8 Å². The number of nitrogens with one attached hydrogen (secondary N) is 1. The number of carbonyl (C=O) groups is 3. The highest BCUT2D eigenvalue weighted by molar-refractivity contribution is 6.32. The number of aliphatic imine (C=N–C) groups is 1. The second-order valence-electron chi connectivity index (χ2n) is 7.23. The number of carbonyl (C=O) groups excluding carboxylic acids is 3. The summed E-state index contributed by atoms with van der Waals surface area (Å²) in [5.41, 5.74) is 2.66. The van der Waals surface area contributed by atoms with Crippen LogP contribution in [0.5, 0.6) is 0 Å². The van der Waals surface area contributed by atoms with Crippen molar-refractivity contribution in [3.63, 3.8) is 0 Å². The van der Waals surface area contributed by atoms with Crippen molar-refractivity contribution in [2.24, 2.45) is 21.1 Å². The molecule has 9 heteroatoms. The fourth-order valence-electron chi connectivity index (χ4n) is 3.08. The first-order valence-corrected chi connectivity index (χ1v) is 9.98. The number of para-hydroxylation sites is 1. The third kappa shape index (κ3) is 4.87. The first-order valence-electron chi connectivity index (χ1n) is 9.98. The largest absolute Gasteiger partial charge is 0.335 e. The molecular weight excluding hydrogens is 425 g/mol. The summed E-state index contributed by atoms with van der Waals surface area (Å²) in [5.74, 6) is -3.87. The number of anilines is 1. The minimum atomic E-state index is -1.39. The Bertz CT molecular complexity index is 1270. The summed E-state index contributed by atoms with van der Waals surface area (Å²) in [6.07, 6.45) is 1.13. The Hall–Kier alpha value is -4.53. The Morgan fingerprint density at radius 3 is 2.06 bits per heavy atom. The minimum absolute atomic E-state index is 0.241. The summed E-state index contributed by atoms with van der Waals surface area (Å²) < 4.78 is 14.1. The van der Waals surface area contributed by atoms with E-state index in [0.717, 1.165) is 23.5 Å². The first kappa shape index (κ1) is 21.7. The summed E-state index contributed by atoms with van der Waals surface area (Å²) in [4.78, 5) is 41.9. The SMILES string of the molecule is Cc1ccc(N=Nc2ccc(N=C[C@H]3C(=O)NC(=O)N(c4ccccc4F)C3=O)cc2)cc1. The van der Waals surface area contributed by atoms with Crippen LogP contribution in [0.4, 0.5) is 31.9 Å². The van der Waals surface area contributed by atoms with Crippen LogP contribution in [0.3, 0.4) is 0 Å². The second kappa shape index (κ2) is 9.31. The predicted octanol–water partition coefficient (Wildman–Crippen LogP) is 5.15. The van der Waals surface area contributed by atoms with Gasteiger partial charge in [-0.05, 0) is 55.5 Å². The van der Waals surface area contributed by atoms with Crippen LogP contribution in [0.1, 0.15) is 5.56 Å². The number of aryl methyl sites for hydroxylation is 1. The molecular formula is C24H18FN5O3. The number of halogens is 1. The summed E-state index contributed by atoms with van der Waals surface area (Å²) in [6.45, 7) is 1.99. The van der Waals surface area contributed by atoms with Crippen LogP contribution in [0.15, 0.2) is 88.0 Å². The van der Waals surface area contributed by atoms with E-state index in [4.69, 9.17) is 0 Å². The van der Waals surface area contributed by atoms with E-state index in [-0.39, 0.29) is 5.69 Å². The van der Waals surface area contributed by atoms with Gasteiger partial charge in [0, 0.05) is 6.21 Å². The van der Waals surface area contributed by atoms with Crippen LogP contribution >= 0.6 is 0 Å². The van der Waals surface area contributed by atoms with Crippen LogP contribution in [0.2, 0.25) is 0 Å². The molecule has 1 atom stereocenters. The lowest BCUT2D eigenvalue weighted by Crippen LogP contribution is -2.58. The van der Waals surface area contributed by atoms with Gasteiger partial charge in [0.15, 0.2) is 5.92 Å². The quantitative estimate of drug-likeness (QED) is 0.335. The molecule has 8 nitrogen and oxygen atoms in total. The molecule has 0 aromatic heterocycles. The van der Waals surface area contributed by atoms with Gasteiger partial charge >= 0.3 is 6.03 Å². The lowest BCUT2D eigenvalue weighted by molar-refractivity contribution is -0.131. The minimum Gasteiger partial charge on any atom is -0.276 e. The number of hydrogen-bond donors (Lipinski definition) is 1. The van der Waals surface area contributed by atoms with E-state index in [1.54, 1.807) is 24.3 Å². The fraction of sp³-hybridized carbons (Fsp3) is 0.0833. The third-order valence-electron chi connectivity index (χ3n) is 4.83. The molecule has 0 spiro atoms. The molecule has 164 valence electrons. The van der Waals surface area contributed by atoms with Crippen molar-refractivity contribution >= 4 is 46.8 Å². The van der Waals surface area contributed by atoms with Crippen molar-refractivity contribution in [3.8, 4) is 0 Å². The molecule has 4 amide bonds. The molecule has 1 fully saturated rings. The standard InChI is InChI=1S/C24H18FN5O3/c1-15-6-8-17(9-7-15)28-29-18-12-10-16(11-13-18)26-14-19-22(31)27-24(33)30(23(19)32)21-5-3-2-4-20(21)25/h2-14,19H,1H3,(H,27,31,33)/t19-/m0/s1. The molecule has 1 N–H and O–H groups in total. The van der Waals surface area contributed by atoms with E-state index in [9.17, 15) is 18.8 Å². The molecule has 0 radical (unpaired) electrons. The molecule has 1 aliphatic heterocycles. The third-order valence-corrected chi connectivity index (χ3v) is 4.83. The van der Waals surface area contributed by atoms with Gasteiger partial charge in [-0.25, -0.2) is 14.1 Å². The molecule has 33 heavy (non-hydrogen) atoms. The van der Waals surface area contributed by atoms with Crippen LogP contribution in [0, 0.1) is 18.7 Å². The van der Waals surface area contributed by atoms with Gasteiger partial charge in [0.2, 0.25) is 5.91 Å². The average molecular weight is 443 g/mol. The number of nitrogens with zero attached hydrogens (tertiary/aromatic N) is 4. The molecule has 1 saturated heterocycles. The highest BCUT2D eigenvalue weighted by Crippen LogP contribution is 2.25. The van der Waals surface area contributed by atoms with Gasteiger partial charge in [-0.2, -0.15) is 10.2 Å². The maximum absolute atomic E-state index is 14.1. The molecule has 3 aromatic carbocycles. The zero-order chi connectivity index (χ0) is 23.4. The van der Waals surface area contributed by atoms with Gasteiger partial charge in [0.1, 0.15) is 5.82 Å². The van der Waals surface area contributed by atoms with E-state index >= 15 is 0 Å². The van der Waals surface area contributed by atoms with Crippen LogP contribution in [-0.4, -0.2) is 24.1 Å². The number of imide groups is 2. The second-order valence-corrected chi connectivity index (χ2v) is 7.23. The summed E-state index contributed by atoms with van der Waals surface area (Å²) in [6, 6.07) is 18.6. The fourth-order valence-corrected chi connectivity index (χ4v) is 3.08. The molecule has 3 aromatic rings. The summed E-state index contributed by atoms with van der Waals surface area (Å²) >= 11 is 0. The Morgan fingerprint density at radius 2 is 1.42 bits per heavy atom. The number of rotatable bonds is 5. The Balaban J connectivity index is 1.49. The molecule has 0 aliphatic carbocycles. The van der Waals surface area contributed by atoms with Gasteiger partial charge in [0.25, 0.3) is 5.91 Å². The van der Waals surface area contributed by atoms with Gasteiger partial charge in [0.05, 0.1) is 22.7 Å². The van der Waals surface area contributed by atoms with Gasteiger partial charge < -0.3 is 0 Å². The van der Waals surface area contributed by atoms with Crippen LogP contribution < -0.4 is 10.2 Å². The maximum Gasteiger partial charge on any atom is 0.335 e. The summed E-state index contributed by atoms with van der Waals surface area (Å²) in [5, 5.41) is 10.4. The number of barbiturate groups is 1. The van der Waals surface area contributed by atoms with Crippen molar-refractivity contribution < 1.29 is 18.8 Å². The maximum atomic E-state index is 14.1. The molecule has 1 heterocycles. The number of benzene rings is 3. The number of azo groups is 1. The van der Waals surface area contributed by atoms with Gasteiger partial charge in [-0.3, -0.25) is 19.9 Å². The van der Waals surface area contributed by atoms with Crippen molar-refractivity contribution in [1.82, 2.24) is 5.32 Å². The van der Waals surface area contributed by atoms with E-state index in [1.165, 1.54) is 18.2 Å². The molecule has 0 bridgehead atoms. The highest BCUT2D eigenvalue weighted by atomic mass is 19.1. The number of hydrogen-bond acceptors (Lipinski definition) is 6. The Morgan fingerprint density at radius 1 is 0.848 bits per heavy atom. The topological polar surface area (TPSA) is 104 Å². The molecule has 1 aliphatic rings. The summed E-state index contributed by atoms with van der Waals surface area (Å²) in [7, 11) is 0. The van der Waals surface area contributed by atoms with E-state index in [1.807, 2.05) is 31.2 Å². The lowest BCUT2D eigenvalue weighted by atomic mass is 10.1. The normalized spacial score (nSPS) is 16.6. The van der Waals surface area contributed by atoms with E-state index in [2.05, 4.69) is 20.5 Å². The zero-order valence-electron chi connectivity index (χ0n) is 17.5. The smallest absolute Gasteiger partial charge is 0.276 e.